The summed E-state index contributed by atoms with van der Waals surface area (Å²) in [6.45, 7) is 5.27. The lowest BCUT2D eigenvalue weighted by Gasteiger charge is -2.22. The number of hydrogen-bond donors (Lipinski definition) is 1. The Hall–Kier alpha value is -3.49. The molecule has 0 aromatic heterocycles. The normalized spacial score (nSPS) is 11.5. The number of thioether (sulfide) groups is 1. The summed E-state index contributed by atoms with van der Waals surface area (Å²) in [5, 5.41) is 9.28. The minimum Gasteiger partial charge on any atom is -0.492 e. The van der Waals surface area contributed by atoms with Gasteiger partial charge in [0.1, 0.15) is 18.1 Å². The first-order valence-corrected chi connectivity index (χ1v) is 13.7. The molecule has 0 heterocycles. The molecule has 1 unspecified atom stereocenters. The quantitative estimate of drug-likeness (QED) is 0.185. The number of carboxylic acid groups (broad SMARTS) is 1. The van der Waals surface area contributed by atoms with Gasteiger partial charge in [-0.1, -0.05) is 42.5 Å². The van der Waals surface area contributed by atoms with Crippen molar-refractivity contribution in [2.75, 3.05) is 32.1 Å². The molecule has 3 rings (SSSR count). The van der Waals surface area contributed by atoms with Crippen molar-refractivity contribution >= 4 is 23.8 Å². The number of nitrogens with zero attached hydrogens (tertiary/aromatic N) is 1. The summed E-state index contributed by atoms with van der Waals surface area (Å²) >= 11 is 1.76. The van der Waals surface area contributed by atoms with E-state index in [9.17, 15) is 14.7 Å². The molecule has 8 heteroatoms. The average molecular weight is 538 g/mol. The minimum atomic E-state index is -0.980. The smallest absolute Gasteiger partial charge is 0.415 e. The van der Waals surface area contributed by atoms with Gasteiger partial charge in [-0.25, -0.2) is 9.59 Å². The van der Waals surface area contributed by atoms with Gasteiger partial charge in [-0.2, -0.15) is 0 Å². The second kappa shape index (κ2) is 15.7. The molecular weight excluding hydrogens is 502 g/mol. The summed E-state index contributed by atoms with van der Waals surface area (Å²) < 4.78 is 16.8. The van der Waals surface area contributed by atoms with Crippen LogP contribution in [0.25, 0.3) is 0 Å². The van der Waals surface area contributed by atoms with Crippen LogP contribution < -0.4 is 9.47 Å². The molecule has 0 fully saturated rings. The third kappa shape index (κ3) is 10.1. The standard InChI is InChI=1S/C30H35NO6S/c1-3-35-28(29(32)33)22-24-13-15-25(16-14-24)36-19-18-31(17-8-20-38-27-11-5-4-6-12-27)30(34)37-26-10-7-9-23(2)21-26/h4-7,9-16,21,28H,3,8,17-20,22H2,1-2H3,(H,32,33). The second-order valence-electron chi connectivity index (χ2n) is 8.67. The fourth-order valence-corrected chi connectivity index (χ4v) is 4.59. The van der Waals surface area contributed by atoms with Crippen molar-refractivity contribution in [3.05, 3.63) is 90.0 Å². The molecule has 0 saturated carbocycles. The Balaban J connectivity index is 1.53. The predicted molar refractivity (Wildman–Crippen MR) is 149 cm³/mol. The number of aryl methyl sites for hydroxylation is 1. The maximum atomic E-state index is 13.0. The van der Waals surface area contributed by atoms with E-state index in [1.165, 1.54) is 4.90 Å². The zero-order valence-corrected chi connectivity index (χ0v) is 22.7. The number of hydrogen-bond acceptors (Lipinski definition) is 6. The Bertz CT molecular complexity index is 1140. The van der Waals surface area contributed by atoms with Crippen molar-refractivity contribution in [3.63, 3.8) is 0 Å². The van der Waals surface area contributed by atoms with Crippen molar-refractivity contribution < 1.29 is 28.9 Å². The van der Waals surface area contributed by atoms with Crippen LogP contribution in [0.3, 0.4) is 0 Å². The Labute approximate surface area is 228 Å². The Morgan fingerprint density at radius 2 is 1.71 bits per heavy atom. The van der Waals surface area contributed by atoms with Crippen molar-refractivity contribution in [2.45, 2.75) is 37.7 Å². The molecular formula is C30H35NO6S. The zero-order chi connectivity index (χ0) is 27.2. The molecule has 1 atom stereocenters. The predicted octanol–water partition coefficient (Wildman–Crippen LogP) is 6.09. The molecule has 3 aromatic rings. The van der Waals surface area contributed by atoms with Gasteiger partial charge in [-0.15, -0.1) is 11.8 Å². The monoisotopic (exact) mass is 537 g/mol. The summed E-state index contributed by atoms with van der Waals surface area (Å²) in [5.41, 5.74) is 1.86. The fraction of sp³-hybridized carbons (Fsp3) is 0.333. The highest BCUT2D eigenvalue weighted by Gasteiger charge is 2.18. The Kier molecular flexibility index (Phi) is 12.0. The van der Waals surface area contributed by atoms with Crippen LogP contribution in [0.2, 0.25) is 0 Å². The van der Waals surface area contributed by atoms with E-state index < -0.39 is 18.2 Å². The van der Waals surface area contributed by atoms with Crippen LogP contribution in [0.5, 0.6) is 11.5 Å². The lowest BCUT2D eigenvalue weighted by Crippen LogP contribution is -2.37. The molecule has 0 spiro atoms. The summed E-state index contributed by atoms with van der Waals surface area (Å²) in [6, 6.07) is 24.8. The van der Waals surface area contributed by atoms with Gasteiger partial charge in [0.05, 0.1) is 6.54 Å². The first kappa shape index (κ1) is 29.1. The molecule has 38 heavy (non-hydrogen) atoms. The lowest BCUT2D eigenvalue weighted by atomic mass is 10.1. The molecule has 0 radical (unpaired) electrons. The molecule has 0 aliphatic carbocycles. The number of rotatable bonds is 15. The number of ether oxygens (including phenoxy) is 3. The van der Waals surface area contributed by atoms with E-state index in [1.54, 1.807) is 41.8 Å². The van der Waals surface area contributed by atoms with Crippen LogP contribution in [0.4, 0.5) is 4.79 Å². The van der Waals surface area contributed by atoms with Gasteiger partial charge in [0, 0.05) is 24.5 Å². The molecule has 1 N–H and O–H groups in total. The van der Waals surface area contributed by atoms with Gasteiger partial charge in [0.25, 0.3) is 0 Å². The molecule has 0 saturated heterocycles. The second-order valence-corrected chi connectivity index (χ2v) is 9.83. The number of amides is 1. The van der Waals surface area contributed by atoms with Crippen LogP contribution in [0.15, 0.2) is 83.8 Å². The largest absolute Gasteiger partial charge is 0.492 e. The number of carboxylic acids is 1. The summed E-state index contributed by atoms with van der Waals surface area (Å²) in [6.07, 6.45) is -0.195. The van der Waals surface area contributed by atoms with Crippen molar-refractivity contribution in [3.8, 4) is 11.5 Å². The van der Waals surface area contributed by atoms with Gasteiger partial charge in [0.15, 0.2) is 6.10 Å². The summed E-state index contributed by atoms with van der Waals surface area (Å²) in [4.78, 5) is 27.2. The van der Waals surface area contributed by atoms with Gasteiger partial charge < -0.3 is 24.2 Å². The van der Waals surface area contributed by atoms with Crippen LogP contribution in [0, 0.1) is 6.92 Å². The molecule has 202 valence electrons. The van der Waals surface area contributed by atoms with Crippen molar-refractivity contribution in [1.29, 1.82) is 0 Å². The molecule has 0 bridgehead atoms. The lowest BCUT2D eigenvalue weighted by molar-refractivity contribution is -0.149. The maximum Gasteiger partial charge on any atom is 0.415 e. The topological polar surface area (TPSA) is 85.3 Å². The van der Waals surface area contributed by atoms with Crippen molar-refractivity contribution in [1.82, 2.24) is 4.90 Å². The zero-order valence-electron chi connectivity index (χ0n) is 21.9. The molecule has 0 aliphatic heterocycles. The summed E-state index contributed by atoms with van der Waals surface area (Å²) in [7, 11) is 0. The SMILES string of the molecule is CCOC(Cc1ccc(OCCN(CCCSc2ccccc2)C(=O)Oc2cccc(C)c2)cc1)C(=O)O. The third-order valence-corrected chi connectivity index (χ3v) is 6.75. The highest BCUT2D eigenvalue weighted by atomic mass is 32.2. The van der Waals surface area contributed by atoms with E-state index in [2.05, 4.69) is 12.1 Å². The van der Waals surface area contributed by atoms with Gasteiger partial charge in [0.2, 0.25) is 0 Å². The molecule has 1 amide bonds. The van der Waals surface area contributed by atoms with E-state index in [0.29, 0.717) is 37.8 Å². The Morgan fingerprint density at radius 1 is 0.947 bits per heavy atom. The maximum absolute atomic E-state index is 13.0. The number of benzene rings is 3. The first-order chi connectivity index (χ1) is 18.4. The Morgan fingerprint density at radius 3 is 2.39 bits per heavy atom. The van der Waals surface area contributed by atoms with Gasteiger partial charge >= 0.3 is 12.1 Å². The van der Waals surface area contributed by atoms with E-state index in [-0.39, 0.29) is 6.42 Å². The van der Waals surface area contributed by atoms with Crippen LogP contribution in [-0.4, -0.2) is 60.2 Å². The highest BCUT2D eigenvalue weighted by Crippen LogP contribution is 2.19. The molecule has 0 aliphatic rings. The molecule has 7 nitrogen and oxygen atoms in total. The fourth-order valence-electron chi connectivity index (χ4n) is 3.73. The molecule has 3 aromatic carbocycles. The van der Waals surface area contributed by atoms with Crippen LogP contribution in [0.1, 0.15) is 24.5 Å². The highest BCUT2D eigenvalue weighted by molar-refractivity contribution is 7.99. The van der Waals surface area contributed by atoms with Crippen LogP contribution >= 0.6 is 11.8 Å². The van der Waals surface area contributed by atoms with E-state index in [1.807, 2.05) is 55.5 Å². The van der Waals surface area contributed by atoms with Gasteiger partial charge in [-0.3, -0.25) is 0 Å². The van der Waals surface area contributed by atoms with E-state index in [4.69, 9.17) is 14.2 Å². The number of carbonyl (C=O) groups is 2. The first-order valence-electron chi connectivity index (χ1n) is 12.7. The number of carbonyl (C=O) groups excluding carboxylic acids is 1. The summed E-state index contributed by atoms with van der Waals surface area (Å²) in [5.74, 6) is 1.05. The van der Waals surface area contributed by atoms with Gasteiger partial charge in [-0.05, 0) is 73.5 Å². The minimum absolute atomic E-state index is 0.281. The van der Waals surface area contributed by atoms with Crippen molar-refractivity contribution in [2.24, 2.45) is 0 Å². The number of aliphatic carboxylic acids is 1. The third-order valence-electron chi connectivity index (χ3n) is 5.65. The van der Waals surface area contributed by atoms with Crippen LogP contribution in [-0.2, 0) is 16.0 Å². The van der Waals surface area contributed by atoms with E-state index >= 15 is 0 Å². The van der Waals surface area contributed by atoms with E-state index in [0.717, 1.165) is 23.3 Å². The average Bonchev–Trinajstić information content (AvgIpc) is 2.91.